The fourth-order valence-electron chi connectivity index (χ4n) is 2.77. The third-order valence-electron chi connectivity index (χ3n) is 4.08. The summed E-state index contributed by atoms with van der Waals surface area (Å²) in [4.78, 5) is 16.8. The van der Waals surface area contributed by atoms with Gasteiger partial charge in [0.25, 0.3) is 0 Å². The quantitative estimate of drug-likeness (QED) is 0.780. The van der Waals surface area contributed by atoms with Gasteiger partial charge in [-0.05, 0) is 42.5 Å². The van der Waals surface area contributed by atoms with Gasteiger partial charge in [0.05, 0.1) is 6.54 Å². The van der Waals surface area contributed by atoms with E-state index in [0.717, 1.165) is 36.9 Å². The highest BCUT2D eigenvalue weighted by Gasteiger charge is 2.19. The molecule has 1 heterocycles. The van der Waals surface area contributed by atoms with Crippen molar-refractivity contribution in [1.82, 2.24) is 4.90 Å². The molecular formula is C18H18Cl2N2O. The molecule has 5 heteroatoms. The zero-order valence-corrected chi connectivity index (χ0v) is 14.2. The lowest BCUT2D eigenvalue weighted by Gasteiger charge is -2.35. The van der Waals surface area contributed by atoms with Crippen molar-refractivity contribution in [3.05, 3.63) is 64.1 Å². The molecule has 120 valence electrons. The molecule has 2 aromatic rings. The van der Waals surface area contributed by atoms with Crippen LogP contribution in [0.1, 0.15) is 10.4 Å². The minimum atomic E-state index is 0.137. The van der Waals surface area contributed by atoms with E-state index in [4.69, 9.17) is 23.2 Å². The van der Waals surface area contributed by atoms with Gasteiger partial charge in [0.1, 0.15) is 0 Å². The van der Waals surface area contributed by atoms with E-state index in [9.17, 15) is 4.79 Å². The molecule has 1 aliphatic rings. The minimum absolute atomic E-state index is 0.137. The van der Waals surface area contributed by atoms with Crippen molar-refractivity contribution in [2.24, 2.45) is 0 Å². The topological polar surface area (TPSA) is 23.6 Å². The number of benzene rings is 2. The van der Waals surface area contributed by atoms with Gasteiger partial charge in [-0.15, -0.1) is 0 Å². The Bertz CT molecular complexity index is 680. The van der Waals surface area contributed by atoms with Crippen molar-refractivity contribution in [3.8, 4) is 0 Å². The molecule has 0 N–H and O–H groups in total. The van der Waals surface area contributed by atoms with Crippen LogP contribution in [0.3, 0.4) is 0 Å². The van der Waals surface area contributed by atoms with Crippen molar-refractivity contribution in [2.45, 2.75) is 0 Å². The predicted octanol–water partition coefficient (Wildman–Crippen LogP) is 4.00. The van der Waals surface area contributed by atoms with E-state index in [1.54, 1.807) is 24.3 Å². The van der Waals surface area contributed by atoms with Crippen LogP contribution in [-0.4, -0.2) is 43.4 Å². The maximum Gasteiger partial charge on any atom is 0.176 e. The Morgan fingerprint density at radius 3 is 2.26 bits per heavy atom. The number of rotatable bonds is 4. The molecule has 0 saturated carbocycles. The normalized spacial score (nSPS) is 15.7. The second-order valence-electron chi connectivity index (χ2n) is 5.67. The maximum absolute atomic E-state index is 12.3. The van der Waals surface area contributed by atoms with Crippen molar-refractivity contribution in [2.75, 3.05) is 37.6 Å². The first-order valence-electron chi connectivity index (χ1n) is 7.63. The number of carbonyl (C=O) groups excluding carboxylic acids is 1. The molecule has 0 unspecified atom stereocenters. The van der Waals surface area contributed by atoms with Crippen molar-refractivity contribution in [1.29, 1.82) is 0 Å². The van der Waals surface area contributed by atoms with E-state index in [1.165, 1.54) is 0 Å². The number of Topliss-reactive ketones (excluding diaryl/α,β-unsaturated/α-hetero) is 1. The van der Waals surface area contributed by atoms with Gasteiger partial charge in [-0.1, -0.05) is 29.3 Å². The number of nitrogens with zero attached hydrogens (tertiary/aromatic N) is 2. The number of hydrogen-bond donors (Lipinski definition) is 0. The number of anilines is 1. The molecule has 2 aromatic carbocycles. The Balaban J connectivity index is 1.55. The van der Waals surface area contributed by atoms with E-state index in [1.807, 2.05) is 18.2 Å². The van der Waals surface area contributed by atoms with E-state index in [0.29, 0.717) is 17.1 Å². The largest absolute Gasteiger partial charge is 0.369 e. The summed E-state index contributed by atoms with van der Waals surface area (Å²) in [5, 5.41) is 1.40. The molecule has 3 rings (SSSR count). The minimum Gasteiger partial charge on any atom is -0.369 e. The molecule has 0 amide bonds. The number of halogens is 2. The summed E-state index contributed by atoms with van der Waals surface area (Å²) >= 11 is 11.9. The van der Waals surface area contributed by atoms with Gasteiger partial charge >= 0.3 is 0 Å². The molecule has 0 aliphatic carbocycles. The summed E-state index contributed by atoms with van der Waals surface area (Å²) in [6, 6.07) is 15.0. The molecule has 1 saturated heterocycles. The molecule has 23 heavy (non-hydrogen) atoms. The van der Waals surface area contributed by atoms with Crippen molar-refractivity contribution < 1.29 is 4.79 Å². The number of ketones is 1. The lowest BCUT2D eigenvalue weighted by Crippen LogP contribution is -2.48. The van der Waals surface area contributed by atoms with E-state index >= 15 is 0 Å². The van der Waals surface area contributed by atoms with Gasteiger partial charge in [0.15, 0.2) is 5.78 Å². The maximum atomic E-state index is 12.3. The van der Waals surface area contributed by atoms with Crippen LogP contribution in [0.15, 0.2) is 48.5 Å². The van der Waals surface area contributed by atoms with Crippen molar-refractivity contribution in [3.63, 3.8) is 0 Å². The smallest absolute Gasteiger partial charge is 0.176 e. The number of hydrogen-bond acceptors (Lipinski definition) is 3. The first-order valence-corrected chi connectivity index (χ1v) is 8.39. The molecule has 0 aromatic heterocycles. The molecular weight excluding hydrogens is 331 g/mol. The second kappa shape index (κ2) is 7.35. The Morgan fingerprint density at radius 1 is 0.913 bits per heavy atom. The molecule has 1 fully saturated rings. The first kappa shape index (κ1) is 16.3. The summed E-state index contributed by atoms with van der Waals surface area (Å²) in [6.45, 7) is 3.98. The average Bonchev–Trinajstić information content (AvgIpc) is 2.56. The molecule has 1 aliphatic heterocycles. The lowest BCUT2D eigenvalue weighted by molar-refractivity contribution is 0.0926. The summed E-state index contributed by atoms with van der Waals surface area (Å²) in [5.41, 5.74) is 1.85. The molecule has 0 spiro atoms. The predicted molar refractivity (Wildman–Crippen MR) is 95.9 cm³/mol. The zero-order chi connectivity index (χ0) is 16.2. The third-order valence-corrected chi connectivity index (χ3v) is 4.57. The van der Waals surface area contributed by atoms with E-state index in [-0.39, 0.29) is 5.78 Å². The molecule has 0 atom stereocenters. The van der Waals surface area contributed by atoms with Crippen LogP contribution in [0, 0.1) is 0 Å². The summed E-state index contributed by atoms with van der Waals surface area (Å²) < 4.78 is 0. The summed E-state index contributed by atoms with van der Waals surface area (Å²) in [6.07, 6.45) is 0. The van der Waals surface area contributed by atoms with Crippen LogP contribution in [-0.2, 0) is 0 Å². The van der Waals surface area contributed by atoms with Gasteiger partial charge in [-0.25, -0.2) is 0 Å². The van der Waals surface area contributed by atoms with Crippen LogP contribution >= 0.6 is 23.2 Å². The number of piperazine rings is 1. The lowest BCUT2D eigenvalue weighted by atomic mass is 10.1. The summed E-state index contributed by atoms with van der Waals surface area (Å²) in [5.74, 6) is 0.137. The fourth-order valence-corrected chi connectivity index (χ4v) is 3.08. The molecule has 0 radical (unpaired) electrons. The highest BCUT2D eigenvalue weighted by Crippen LogP contribution is 2.21. The zero-order valence-electron chi connectivity index (χ0n) is 12.7. The van der Waals surface area contributed by atoms with E-state index < -0.39 is 0 Å². The van der Waals surface area contributed by atoms with E-state index in [2.05, 4.69) is 15.9 Å². The Labute approximate surface area is 146 Å². The van der Waals surface area contributed by atoms with Crippen LogP contribution < -0.4 is 4.90 Å². The average molecular weight is 349 g/mol. The van der Waals surface area contributed by atoms with Crippen molar-refractivity contribution >= 4 is 34.7 Å². The van der Waals surface area contributed by atoms with Gasteiger partial charge in [0, 0.05) is 47.5 Å². The second-order valence-corrected chi connectivity index (χ2v) is 6.55. The van der Waals surface area contributed by atoms with Crippen LogP contribution in [0.2, 0.25) is 10.0 Å². The van der Waals surface area contributed by atoms with Crippen LogP contribution in [0.4, 0.5) is 5.69 Å². The van der Waals surface area contributed by atoms with Gasteiger partial charge in [-0.3, -0.25) is 9.69 Å². The highest BCUT2D eigenvalue weighted by atomic mass is 35.5. The fraction of sp³-hybridized carbons (Fsp3) is 0.278. The van der Waals surface area contributed by atoms with Gasteiger partial charge in [0.2, 0.25) is 0 Å². The van der Waals surface area contributed by atoms with Crippen LogP contribution in [0.5, 0.6) is 0 Å². The van der Waals surface area contributed by atoms with Gasteiger partial charge in [-0.2, -0.15) is 0 Å². The Hall–Kier alpha value is -1.55. The standard InChI is InChI=1S/C18H18Cl2N2O/c19-15-6-4-14(5-7-15)18(23)13-21-8-10-22(11-9-21)17-3-1-2-16(20)12-17/h1-7,12H,8-11,13H2. The first-order chi connectivity index (χ1) is 11.1. The van der Waals surface area contributed by atoms with Gasteiger partial charge < -0.3 is 4.90 Å². The Morgan fingerprint density at radius 2 is 1.61 bits per heavy atom. The van der Waals surface area contributed by atoms with Crippen LogP contribution in [0.25, 0.3) is 0 Å². The highest BCUT2D eigenvalue weighted by molar-refractivity contribution is 6.31. The summed E-state index contributed by atoms with van der Waals surface area (Å²) in [7, 11) is 0. The SMILES string of the molecule is O=C(CN1CCN(c2cccc(Cl)c2)CC1)c1ccc(Cl)cc1. The third kappa shape index (κ3) is 4.25. The Kier molecular flexibility index (Phi) is 5.21. The molecule has 0 bridgehead atoms. The monoisotopic (exact) mass is 348 g/mol. The number of carbonyl (C=O) groups is 1. The molecule has 3 nitrogen and oxygen atoms in total.